The Morgan fingerprint density at radius 2 is 2.45 bits per heavy atom. The van der Waals surface area contributed by atoms with Gasteiger partial charge in [0.2, 0.25) is 0 Å². The van der Waals surface area contributed by atoms with Crippen LogP contribution in [-0.2, 0) is 0 Å². The Kier molecular flexibility index (Phi) is 1.55. The van der Waals surface area contributed by atoms with E-state index in [0.717, 1.165) is 11.5 Å². The lowest BCUT2D eigenvalue weighted by molar-refractivity contribution is 0.542. The van der Waals surface area contributed by atoms with Crippen molar-refractivity contribution in [1.82, 2.24) is 9.36 Å². The Morgan fingerprint density at radius 1 is 1.55 bits per heavy atom. The molecule has 0 amide bonds. The highest BCUT2D eigenvalue weighted by Crippen LogP contribution is 2.17. The van der Waals surface area contributed by atoms with Crippen molar-refractivity contribution in [3.63, 3.8) is 0 Å². The van der Waals surface area contributed by atoms with Gasteiger partial charge in [-0.15, -0.1) is 15.7 Å². The molecule has 0 fully saturated rings. The molecule has 0 saturated carbocycles. The maximum absolute atomic E-state index is 10.6. The lowest BCUT2D eigenvalue weighted by Crippen LogP contribution is -1.81. The quantitative estimate of drug-likeness (QED) is 0.672. The SMILES string of the molecule is O=c1oc(-c2nccs2)ns1. The molecule has 0 aliphatic heterocycles. The molecule has 2 aromatic rings. The molecule has 4 nitrogen and oxygen atoms in total. The standard InChI is InChI=1S/C5H2N2O2S2/c8-5-9-3(7-11-5)4-6-1-2-10-4/h1-2H. The highest BCUT2D eigenvalue weighted by atomic mass is 32.1. The number of hydrogen-bond donors (Lipinski definition) is 0. The fourth-order valence-corrected chi connectivity index (χ4v) is 1.62. The van der Waals surface area contributed by atoms with E-state index in [-0.39, 0.29) is 0 Å². The molecule has 0 bridgehead atoms. The van der Waals surface area contributed by atoms with Crippen molar-refractivity contribution in [3.05, 3.63) is 21.3 Å². The third-order valence-electron chi connectivity index (χ3n) is 0.998. The van der Waals surface area contributed by atoms with Gasteiger partial charge in [0.25, 0.3) is 5.89 Å². The predicted octanol–water partition coefficient (Wildman–Crippen LogP) is 1.22. The molecule has 0 aromatic carbocycles. The minimum Gasteiger partial charge on any atom is -0.391 e. The molecule has 0 unspecified atom stereocenters. The summed E-state index contributed by atoms with van der Waals surface area (Å²) < 4.78 is 8.50. The van der Waals surface area contributed by atoms with Crippen molar-refractivity contribution in [2.75, 3.05) is 0 Å². The summed E-state index contributed by atoms with van der Waals surface area (Å²) >= 11 is 2.19. The first-order valence-corrected chi connectivity index (χ1v) is 4.38. The molecular weight excluding hydrogens is 184 g/mol. The number of nitrogens with zero attached hydrogens (tertiary/aromatic N) is 2. The van der Waals surface area contributed by atoms with Gasteiger partial charge in [0, 0.05) is 11.6 Å². The predicted molar refractivity (Wildman–Crippen MR) is 41.8 cm³/mol. The van der Waals surface area contributed by atoms with Gasteiger partial charge in [-0.3, -0.25) is 0 Å². The second-order valence-electron chi connectivity index (χ2n) is 1.68. The number of rotatable bonds is 1. The molecule has 56 valence electrons. The molecule has 0 atom stereocenters. The van der Waals surface area contributed by atoms with Crippen molar-refractivity contribution in [3.8, 4) is 10.9 Å². The first-order valence-electron chi connectivity index (χ1n) is 2.73. The highest BCUT2D eigenvalue weighted by molar-refractivity contribution is 7.13. The van der Waals surface area contributed by atoms with Gasteiger partial charge in [-0.1, -0.05) is 0 Å². The van der Waals surface area contributed by atoms with Crippen molar-refractivity contribution < 1.29 is 4.42 Å². The summed E-state index contributed by atoms with van der Waals surface area (Å²) in [6.45, 7) is 0. The lowest BCUT2D eigenvalue weighted by atomic mass is 10.7. The zero-order valence-corrected chi connectivity index (χ0v) is 6.82. The van der Waals surface area contributed by atoms with Crippen molar-refractivity contribution in [2.24, 2.45) is 0 Å². The second-order valence-corrected chi connectivity index (χ2v) is 3.27. The molecule has 0 radical (unpaired) electrons. The average molecular weight is 186 g/mol. The smallest absolute Gasteiger partial charge is 0.391 e. The first-order chi connectivity index (χ1) is 5.36. The highest BCUT2D eigenvalue weighted by Gasteiger charge is 2.06. The van der Waals surface area contributed by atoms with Crippen LogP contribution in [0.4, 0.5) is 0 Å². The van der Waals surface area contributed by atoms with E-state index in [1.807, 2.05) is 0 Å². The molecular formula is C5H2N2O2S2. The summed E-state index contributed by atoms with van der Waals surface area (Å²) in [5.74, 6) is 0.315. The van der Waals surface area contributed by atoms with Gasteiger partial charge >= 0.3 is 4.94 Å². The Morgan fingerprint density at radius 3 is 3.00 bits per heavy atom. The summed E-state index contributed by atoms with van der Waals surface area (Å²) in [4.78, 5) is 14.1. The van der Waals surface area contributed by atoms with E-state index in [4.69, 9.17) is 4.42 Å². The number of aromatic nitrogens is 2. The second kappa shape index (κ2) is 2.55. The molecule has 2 rings (SSSR count). The van der Waals surface area contributed by atoms with Gasteiger partial charge < -0.3 is 4.42 Å². The summed E-state index contributed by atoms with van der Waals surface area (Å²) in [7, 11) is 0. The monoisotopic (exact) mass is 186 g/mol. The van der Waals surface area contributed by atoms with Crippen molar-refractivity contribution in [2.45, 2.75) is 0 Å². The van der Waals surface area contributed by atoms with Gasteiger partial charge in [-0.2, -0.15) is 0 Å². The van der Waals surface area contributed by atoms with Crippen LogP contribution < -0.4 is 4.94 Å². The van der Waals surface area contributed by atoms with Crippen LogP contribution in [-0.4, -0.2) is 9.36 Å². The van der Waals surface area contributed by atoms with Crippen LogP contribution in [0.1, 0.15) is 0 Å². The first kappa shape index (κ1) is 6.68. The van der Waals surface area contributed by atoms with Crippen LogP contribution in [0, 0.1) is 0 Å². The van der Waals surface area contributed by atoms with E-state index in [1.54, 1.807) is 11.6 Å². The van der Waals surface area contributed by atoms with Gasteiger partial charge in [0.05, 0.1) is 11.5 Å². The third-order valence-corrected chi connectivity index (χ3v) is 2.25. The lowest BCUT2D eigenvalue weighted by Gasteiger charge is -1.79. The molecule has 6 heteroatoms. The average Bonchev–Trinajstić information content (AvgIpc) is 2.55. The van der Waals surface area contributed by atoms with Crippen LogP contribution in [0.25, 0.3) is 10.9 Å². The van der Waals surface area contributed by atoms with Gasteiger partial charge in [0.15, 0.2) is 5.01 Å². The van der Waals surface area contributed by atoms with Crippen LogP contribution in [0.2, 0.25) is 0 Å². The Hall–Kier alpha value is -1.01. The number of hydrogen-bond acceptors (Lipinski definition) is 6. The molecule has 0 aliphatic rings. The summed E-state index contributed by atoms with van der Waals surface area (Å²) in [5.41, 5.74) is 0. The molecule has 2 aromatic heterocycles. The van der Waals surface area contributed by atoms with E-state index in [0.29, 0.717) is 10.9 Å². The summed E-state index contributed by atoms with van der Waals surface area (Å²) in [6, 6.07) is 0. The van der Waals surface area contributed by atoms with Crippen LogP contribution >= 0.6 is 22.9 Å². The van der Waals surface area contributed by atoms with Crippen molar-refractivity contribution in [1.29, 1.82) is 0 Å². The van der Waals surface area contributed by atoms with E-state index < -0.39 is 4.94 Å². The molecule has 11 heavy (non-hydrogen) atoms. The Balaban J connectivity index is 2.53. The minimum atomic E-state index is -0.393. The fraction of sp³-hybridized carbons (Fsp3) is 0. The molecule has 2 heterocycles. The van der Waals surface area contributed by atoms with Gasteiger partial charge in [0.1, 0.15) is 0 Å². The van der Waals surface area contributed by atoms with Crippen LogP contribution in [0.3, 0.4) is 0 Å². The molecule has 0 N–H and O–H groups in total. The Bertz CT molecular complexity index is 389. The third kappa shape index (κ3) is 1.22. The maximum Gasteiger partial charge on any atom is 0.414 e. The van der Waals surface area contributed by atoms with Crippen molar-refractivity contribution >= 4 is 22.9 Å². The summed E-state index contributed by atoms with van der Waals surface area (Å²) in [5, 5.41) is 2.44. The summed E-state index contributed by atoms with van der Waals surface area (Å²) in [6.07, 6.45) is 1.64. The van der Waals surface area contributed by atoms with E-state index >= 15 is 0 Å². The molecule has 0 saturated heterocycles. The minimum absolute atomic E-state index is 0.315. The van der Waals surface area contributed by atoms with E-state index in [9.17, 15) is 4.79 Å². The molecule has 0 spiro atoms. The topological polar surface area (TPSA) is 56.0 Å². The molecule has 0 aliphatic carbocycles. The van der Waals surface area contributed by atoms with Crippen LogP contribution in [0.5, 0.6) is 0 Å². The maximum atomic E-state index is 10.6. The zero-order chi connectivity index (χ0) is 7.68. The number of thiazole rings is 1. The van der Waals surface area contributed by atoms with Crippen LogP contribution in [0.15, 0.2) is 20.8 Å². The fourth-order valence-electron chi connectivity index (χ4n) is 0.607. The zero-order valence-electron chi connectivity index (χ0n) is 5.18. The van der Waals surface area contributed by atoms with E-state index in [2.05, 4.69) is 9.36 Å². The normalized spacial score (nSPS) is 10.2. The van der Waals surface area contributed by atoms with Gasteiger partial charge in [-0.25, -0.2) is 9.78 Å². The van der Waals surface area contributed by atoms with E-state index in [1.165, 1.54) is 11.3 Å². The largest absolute Gasteiger partial charge is 0.414 e. The Labute approximate surface area is 69.3 Å². The van der Waals surface area contributed by atoms with Gasteiger partial charge in [-0.05, 0) is 0 Å².